The number of piperidine rings is 1. The lowest BCUT2D eigenvalue weighted by Crippen LogP contribution is -2.43. The molecule has 0 aliphatic carbocycles. The zero-order valence-corrected chi connectivity index (χ0v) is 11.1. The quantitative estimate of drug-likeness (QED) is 0.668. The van der Waals surface area contributed by atoms with Gasteiger partial charge in [0.15, 0.2) is 11.6 Å². The zero-order chi connectivity index (χ0) is 14.7. The van der Waals surface area contributed by atoms with Crippen LogP contribution in [0.2, 0.25) is 0 Å². The van der Waals surface area contributed by atoms with Crippen molar-refractivity contribution in [3.63, 3.8) is 0 Å². The Morgan fingerprint density at radius 2 is 2.20 bits per heavy atom. The van der Waals surface area contributed by atoms with Crippen LogP contribution in [0.3, 0.4) is 0 Å². The van der Waals surface area contributed by atoms with Crippen LogP contribution < -0.4 is 0 Å². The first-order chi connectivity index (χ1) is 9.51. The van der Waals surface area contributed by atoms with Gasteiger partial charge in [0.1, 0.15) is 0 Å². The van der Waals surface area contributed by atoms with Gasteiger partial charge in [-0.15, -0.1) is 0 Å². The van der Waals surface area contributed by atoms with Crippen LogP contribution in [0, 0.1) is 17.6 Å². The Morgan fingerprint density at radius 1 is 1.45 bits per heavy atom. The van der Waals surface area contributed by atoms with Gasteiger partial charge in [0.25, 0.3) is 0 Å². The number of benzene rings is 1. The van der Waals surface area contributed by atoms with Gasteiger partial charge in [-0.1, -0.05) is 18.1 Å². The summed E-state index contributed by atoms with van der Waals surface area (Å²) in [6, 6.07) is 3.47. The third-order valence-electron chi connectivity index (χ3n) is 3.52. The molecule has 0 radical (unpaired) electrons. The summed E-state index contributed by atoms with van der Waals surface area (Å²) < 4.78 is 25.9. The van der Waals surface area contributed by atoms with Crippen LogP contribution in [-0.2, 0) is 11.2 Å². The van der Waals surface area contributed by atoms with E-state index in [4.69, 9.17) is 5.21 Å². The standard InChI is InChI=1S/C14H16F2N2O2/c1-9-8-18(5-4-13(9)17-20)14(19)7-10-2-3-11(15)12(16)6-10/h2-3,6,9,20H,4-5,7-8H2,1H3/b17-13+. The average molecular weight is 282 g/mol. The molecule has 0 spiro atoms. The van der Waals surface area contributed by atoms with Crippen molar-refractivity contribution >= 4 is 11.6 Å². The fourth-order valence-corrected chi connectivity index (χ4v) is 2.33. The molecule has 1 aliphatic heterocycles. The molecule has 1 fully saturated rings. The highest BCUT2D eigenvalue weighted by Gasteiger charge is 2.25. The number of likely N-dealkylation sites (tertiary alicyclic amines) is 1. The maximum absolute atomic E-state index is 13.1. The summed E-state index contributed by atoms with van der Waals surface area (Å²) in [5.41, 5.74) is 1.13. The van der Waals surface area contributed by atoms with E-state index in [0.29, 0.717) is 30.8 Å². The minimum Gasteiger partial charge on any atom is -0.411 e. The lowest BCUT2D eigenvalue weighted by Gasteiger charge is -2.31. The summed E-state index contributed by atoms with van der Waals surface area (Å²) >= 11 is 0. The summed E-state index contributed by atoms with van der Waals surface area (Å²) in [6.07, 6.45) is 0.566. The van der Waals surface area contributed by atoms with Crippen LogP contribution in [0.4, 0.5) is 8.78 Å². The molecule has 108 valence electrons. The van der Waals surface area contributed by atoms with Gasteiger partial charge in [0.05, 0.1) is 12.1 Å². The number of hydrogen-bond acceptors (Lipinski definition) is 3. The zero-order valence-electron chi connectivity index (χ0n) is 11.1. The average Bonchev–Trinajstić information content (AvgIpc) is 2.42. The number of carbonyl (C=O) groups excluding carboxylic acids is 1. The molecule has 0 bridgehead atoms. The molecule has 1 heterocycles. The number of amides is 1. The van der Waals surface area contributed by atoms with Gasteiger partial charge in [0, 0.05) is 25.4 Å². The molecule has 1 aliphatic rings. The largest absolute Gasteiger partial charge is 0.411 e. The first-order valence-electron chi connectivity index (χ1n) is 6.43. The summed E-state index contributed by atoms with van der Waals surface area (Å²) in [5.74, 6) is -2.00. The number of nitrogens with zero attached hydrogens (tertiary/aromatic N) is 2. The van der Waals surface area contributed by atoms with Crippen LogP contribution in [0.25, 0.3) is 0 Å². The van der Waals surface area contributed by atoms with Gasteiger partial charge in [-0.2, -0.15) is 0 Å². The van der Waals surface area contributed by atoms with Crippen molar-refractivity contribution in [3.8, 4) is 0 Å². The van der Waals surface area contributed by atoms with Crippen LogP contribution in [-0.4, -0.2) is 34.8 Å². The third-order valence-corrected chi connectivity index (χ3v) is 3.52. The lowest BCUT2D eigenvalue weighted by molar-refractivity contribution is -0.131. The van der Waals surface area contributed by atoms with Crippen molar-refractivity contribution in [1.29, 1.82) is 0 Å². The second-order valence-electron chi connectivity index (χ2n) is 5.01. The fraction of sp³-hybridized carbons (Fsp3) is 0.429. The topological polar surface area (TPSA) is 52.9 Å². The molecule has 1 unspecified atom stereocenters. The second kappa shape index (κ2) is 5.98. The highest BCUT2D eigenvalue weighted by atomic mass is 19.2. The van der Waals surface area contributed by atoms with E-state index in [1.807, 2.05) is 6.92 Å². The van der Waals surface area contributed by atoms with Gasteiger partial charge >= 0.3 is 0 Å². The van der Waals surface area contributed by atoms with Crippen LogP contribution >= 0.6 is 0 Å². The van der Waals surface area contributed by atoms with Gasteiger partial charge in [0.2, 0.25) is 5.91 Å². The van der Waals surface area contributed by atoms with E-state index in [1.54, 1.807) is 4.90 Å². The molecular weight excluding hydrogens is 266 g/mol. The maximum Gasteiger partial charge on any atom is 0.227 e. The predicted octanol–water partition coefficient (Wildman–Crippen LogP) is 2.21. The van der Waals surface area contributed by atoms with E-state index in [0.717, 1.165) is 12.1 Å². The molecule has 1 amide bonds. The molecule has 2 rings (SSSR count). The SMILES string of the molecule is CC1CN(C(=O)Cc2ccc(F)c(F)c2)CC/C1=N\O. The summed E-state index contributed by atoms with van der Waals surface area (Å²) in [4.78, 5) is 13.8. The second-order valence-corrected chi connectivity index (χ2v) is 5.01. The summed E-state index contributed by atoms with van der Waals surface area (Å²) in [6.45, 7) is 2.83. The van der Waals surface area contributed by atoms with E-state index in [1.165, 1.54) is 6.07 Å². The van der Waals surface area contributed by atoms with Gasteiger partial charge < -0.3 is 10.1 Å². The number of hydrogen-bond donors (Lipinski definition) is 1. The third kappa shape index (κ3) is 3.12. The Labute approximate surface area is 115 Å². The van der Waals surface area contributed by atoms with Gasteiger partial charge in [-0.25, -0.2) is 8.78 Å². The minimum absolute atomic E-state index is 0.00246. The highest BCUT2D eigenvalue weighted by Crippen LogP contribution is 2.16. The maximum atomic E-state index is 13.1. The molecule has 0 aromatic heterocycles. The van der Waals surface area contributed by atoms with E-state index >= 15 is 0 Å². The van der Waals surface area contributed by atoms with E-state index in [-0.39, 0.29) is 18.2 Å². The Balaban J connectivity index is 2.00. The van der Waals surface area contributed by atoms with Crippen molar-refractivity contribution < 1.29 is 18.8 Å². The van der Waals surface area contributed by atoms with Crippen LogP contribution in [0.5, 0.6) is 0 Å². The number of oxime groups is 1. The van der Waals surface area contributed by atoms with Crippen molar-refractivity contribution in [2.45, 2.75) is 19.8 Å². The van der Waals surface area contributed by atoms with E-state index < -0.39 is 11.6 Å². The molecule has 1 aromatic carbocycles. The van der Waals surface area contributed by atoms with Crippen molar-refractivity contribution in [2.75, 3.05) is 13.1 Å². The molecule has 6 heteroatoms. The lowest BCUT2D eigenvalue weighted by atomic mass is 9.97. The van der Waals surface area contributed by atoms with Gasteiger partial charge in [-0.05, 0) is 17.7 Å². The summed E-state index contributed by atoms with van der Waals surface area (Å²) in [5, 5.41) is 12.0. The molecule has 1 atom stereocenters. The number of halogens is 2. The van der Waals surface area contributed by atoms with Crippen LogP contribution in [0.15, 0.2) is 23.4 Å². The molecular formula is C14H16F2N2O2. The van der Waals surface area contributed by atoms with Crippen LogP contribution in [0.1, 0.15) is 18.9 Å². The highest BCUT2D eigenvalue weighted by molar-refractivity contribution is 5.89. The Bertz CT molecular complexity index is 546. The Hall–Kier alpha value is -1.98. The first kappa shape index (κ1) is 14.4. The minimum atomic E-state index is -0.947. The molecule has 0 saturated carbocycles. The Kier molecular flexibility index (Phi) is 4.32. The fourth-order valence-electron chi connectivity index (χ4n) is 2.33. The monoisotopic (exact) mass is 282 g/mol. The number of carbonyl (C=O) groups is 1. The molecule has 1 saturated heterocycles. The summed E-state index contributed by atoms with van der Waals surface area (Å²) in [7, 11) is 0. The molecule has 20 heavy (non-hydrogen) atoms. The molecule has 1 aromatic rings. The predicted molar refractivity (Wildman–Crippen MR) is 69.6 cm³/mol. The van der Waals surface area contributed by atoms with E-state index in [2.05, 4.69) is 5.16 Å². The normalized spacial score (nSPS) is 21.2. The van der Waals surface area contributed by atoms with Gasteiger partial charge in [-0.3, -0.25) is 4.79 Å². The smallest absolute Gasteiger partial charge is 0.227 e. The van der Waals surface area contributed by atoms with Crippen molar-refractivity contribution in [3.05, 3.63) is 35.4 Å². The molecule has 1 N–H and O–H groups in total. The molecule has 4 nitrogen and oxygen atoms in total. The number of rotatable bonds is 2. The Morgan fingerprint density at radius 3 is 2.80 bits per heavy atom. The first-order valence-corrected chi connectivity index (χ1v) is 6.43. The van der Waals surface area contributed by atoms with Crippen molar-refractivity contribution in [2.24, 2.45) is 11.1 Å². The van der Waals surface area contributed by atoms with Crippen molar-refractivity contribution in [1.82, 2.24) is 4.90 Å². The van der Waals surface area contributed by atoms with E-state index in [9.17, 15) is 13.6 Å².